The highest BCUT2D eigenvalue weighted by atomic mass is 16.2. The number of amides is 2. The fraction of sp³-hybridized carbons (Fsp3) is 0.125. The molecule has 150 valence electrons. The summed E-state index contributed by atoms with van der Waals surface area (Å²) in [6.07, 6.45) is 1.64. The molecule has 6 nitrogen and oxygen atoms in total. The Morgan fingerprint density at radius 3 is 2.47 bits per heavy atom. The molecule has 0 radical (unpaired) electrons. The monoisotopic (exact) mass is 398 g/mol. The Labute approximate surface area is 174 Å². The van der Waals surface area contributed by atoms with E-state index in [-0.39, 0.29) is 24.4 Å². The van der Waals surface area contributed by atoms with Gasteiger partial charge in [-0.05, 0) is 36.8 Å². The molecule has 4 aromatic rings. The first-order valence-corrected chi connectivity index (χ1v) is 9.76. The minimum atomic E-state index is -0.240. The Kier molecular flexibility index (Phi) is 5.57. The fourth-order valence-electron chi connectivity index (χ4n) is 3.37. The number of nitrogens with zero attached hydrogens (tertiary/aromatic N) is 2. The van der Waals surface area contributed by atoms with Gasteiger partial charge in [-0.25, -0.2) is 4.98 Å². The van der Waals surface area contributed by atoms with Crippen LogP contribution in [0.3, 0.4) is 0 Å². The normalized spacial score (nSPS) is 11.8. The van der Waals surface area contributed by atoms with Crippen molar-refractivity contribution in [3.63, 3.8) is 0 Å². The smallest absolute Gasteiger partial charge is 0.253 e. The molecule has 2 amide bonds. The Morgan fingerprint density at radius 2 is 1.63 bits per heavy atom. The molecule has 0 bridgehead atoms. The van der Waals surface area contributed by atoms with E-state index in [1.54, 1.807) is 35.2 Å². The molecule has 0 saturated heterocycles. The van der Waals surface area contributed by atoms with Crippen LogP contribution in [0.4, 0.5) is 5.69 Å². The predicted molar refractivity (Wildman–Crippen MR) is 117 cm³/mol. The predicted octanol–water partition coefficient (Wildman–Crippen LogP) is 4.17. The van der Waals surface area contributed by atoms with Crippen molar-refractivity contribution < 1.29 is 9.59 Å². The van der Waals surface area contributed by atoms with Crippen molar-refractivity contribution in [1.29, 1.82) is 0 Å². The summed E-state index contributed by atoms with van der Waals surface area (Å²) in [5.41, 5.74) is 3.63. The number of hydrogen-bond acceptors (Lipinski definition) is 3. The zero-order valence-corrected chi connectivity index (χ0v) is 16.6. The van der Waals surface area contributed by atoms with E-state index in [1.807, 2.05) is 61.5 Å². The first-order valence-electron chi connectivity index (χ1n) is 9.76. The van der Waals surface area contributed by atoms with E-state index in [2.05, 4.69) is 15.6 Å². The van der Waals surface area contributed by atoms with Crippen molar-refractivity contribution in [1.82, 2.24) is 14.9 Å². The van der Waals surface area contributed by atoms with Gasteiger partial charge in [0, 0.05) is 0 Å². The second-order valence-corrected chi connectivity index (χ2v) is 7.06. The number of carbonyl (C=O) groups is 2. The maximum absolute atomic E-state index is 12.8. The van der Waals surface area contributed by atoms with Crippen LogP contribution in [-0.4, -0.2) is 21.4 Å². The highest BCUT2D eigenvalue weighted by Crippen LogP contribution is 2.18. The first kappa shape index (κ1) is 19.4. The Morgan fingerprint density at radius 1 is 0.933 bits per heavy atom. The van der Waals surface area contributed by atoms with Crippen LogP contribution in [0.1, 0.15) is 28.9 Å². The van der Waals surface area contributed by atoms with Crippen molar-refractivity contribution in [2.75, 3.05) is 5.32 Å². The van der Waals surface area contributed by atoms with Gasteiger partial charge in [0.1, 0.15) is 6.54 Å². The van der Waals surface area contributed by atoms with Gasteiger partial charge in [0.15, 0.2) is 0 Å². The van der Waals surface area contributed by atoms with E-state index in [0.717, 1.165) is 16.6 Å². The molecule has 0 fully saturated rings. The molecule has 0 aliphatic rings. The molecule has 0 saturated carbocycles. The topological polar surface area (TPSA) is 76.0 Å². The molecule has 1 atom stereocenters. The van der Waals surface area contributed by atoms with Crippen LogP contribution in [0.5, 0.6) is 0 Å². The largest absolute Gasteiger partial charge is 0.345 e. The van der Waals surface area contributed by atoms with E-state index in [1.165, 1.54) is 0 Å². The first-order chi connectivity index (χ1) is 14.6. The van der Waals surface area contributed by atoms with Gasteiger partial charge in [-0.1, -0.05) is 54.6 Å². The summed E-state index contributed by atoms with van der Waals surface area (Å²) in [5, 5.41) is 5.85. The van der Waals surface area contributed by atoms with E-state index in [9.17, 15) is 9.59 Å². The van der Waals surface area contributed by atoms with Gasteiger partial charge in [-0.2, -0.15) is 0 Å². The average Bonchev–Trinajstić information content (AvgIpc) is 3.17. The maximum Gasteiger partial charge on any atom is 0.253 e. The zero-order valence-electron chi connectivity index (χ0n) is 16.6. The standard InChI is InChI=1S/C24H22N4O2/c1-17(18-9-3-2-4-10-18)26-24(30)19-11-5-6-12-20(19)27-23(29)15-28-16-25-21-13-7-8-14-22(21)28/h2-14,16-17H,15H2,1H3,(H,26,30)(H,27,29)/t17-/m0/s1. The van der Waals surface area contributed by atoms with E-state index < -0.39 is 0 Å². The van der Waals surface area contributed by atoms with Crippen LogP contribution in [-0.2, 0) is 11.3 Å². The lowest BCUT2D eigenvalue weighted by molar-refractivity contribution is -0.116. The number of benzene rings is 3. The Hall–Kier alpha value is -3.93. The number of hydrogen-bond donors (Lipinski definition) is 2. The summed E-state index contributed by atoms with van der Waals surface area (Å²) in [7, 11) is 0. The number of aromatic nitrogens is 2. The van der Waals surface area contributed by atoms with Crippen molar-refractivity contribution >= 4 is 28.5 Å². The second-order valence-electron chi connectivity index (χ2n) is 7.06. The van der Waals surface area contributed by atoms with E-state index >= 15 is 0 Å². The number of anilines is 1. The number of para-hydroxylation sites is 3. The van der Waals surface area contributed by atoms with Crippen molar-refractivity contribution in [3.05, 3.63) is 96.3 Å². The molecule has 1 aromatic heterocycles. The molecular weight excluding hydrogens is 376 g/mol. The molecule has 0 aliphatic carbocycles. The molecule has 30 heavy (non-hydrogen) atoms. The van der Waals surface area contributed by atoms with Crippen molar-refractivity contribution in [2.24, 2.45) is 0 Å². The van der Waals surface area contributed by atoms with Gasteiger partial charge in [0.2, 0.25) is 5.91 Å². The molecular formula is C24H22N4O2. The average molecular weight is 398 g/mol. The number of rotatable bonds is 6. The number of fused-ring (bicyclic) bond motifs is 1. The molecule has 6 heteroatoms. The third kappa shape index (κ3) is 4.22. The molecule has 0 aliphatic heterocycles. The van der Waals surface area contributed by atoms with Gasteiger partial charge in [0.25, 0.3) is 5.91 Å². The van der Waals surface area contributed by atoms with Gasteiger partial charge < -0.3 is 15.2 Å². The third-order valence-corrected chi connectivity index (χ3v) is 4.93. The van der Waals surface area contributed by atoms with Crippen molar-refractivity contribution in [3.8, 4) is 0 Å². The van der Waals surface area contributed by atoms with Gasteiger partial charge in [0.05, 0.1) is 34.7 Å². The summed E-state index contributed by atoms with van der Waals surface area (Å²) in [5.74, 6) is -0.468. The second kappa shape index (κ2) is 8.61. The zero-order chi connectivity index (χ0) is 20.9. The lowest BCUT2D eigenvalue weighted by Gasteiger charge is -2.16. The molecule has 4 rings (SSSR count). The SMILES string of the molecule is C[C@H](NC(=O)c1ccccc1NC(=O)Cn1cnc2ccccc21)c1ccccc1. The Bertz CT molecular complexity index is 1180. The lowest BCUT2D eigenvalue weighted by Crippen LogP contribution is -2.28. The summed E-state index contributed by atoms with van der Waals surface area (Å²) < 4.78 is 1.78. The minimum absolute atomic E-state index is 0.108. The van der Waals surface area contributed by atoms with Gasteiger partial charge in [-0.3, -0.25) is 9.59 Å². The summed E-state index contributed by atoms with van der Waals surface area (Å²) >= 11 is 0. The van der Waals surface area contributed by atoms with Crippen LogP contribution in [0, 0.1) is 0 Å². The van der Waals surface area contributed by atoms with Gasteiger partial charge in [-0.15, -0.1) is 0 Å². The molecule has 2 N–H and O–H groups in total. The highest BCUT2D eigenvalue weighted by molar-refractivity contribution is 6.04. The lowest BCUT2D eigenvalue weighted by atomic mass is 10.1. The molecule has 1 heterocycles. The van der Waals surface area contributed by atoms with Crippen molar-refractivity contribution in [2.45, 2.75) is 19.5 Å². The number of imidazole rings is 1. The summed E-state index contributed by atoms with van der Waals surface area (Å²) in [6, 6.07) is 24.2. The summed E-state index contributed by atoms with van der Waals surface area (Å²) in [6.45, 7) is 2.04. The minimum Gasteiger partial charge on any atom is -0.345 e. The number of carbonyl (C=O) groups excluding carboxylic acids is 2. The maximum atomic E-state index is 12.8. The van der Waals surface area contributed by atoms with Crippen LogP contribution in [0.2, 0.25) is 0 Å². The van der Waals surface area contributed by atoms with Crippen LogP contribution < -0.4 is 10.6 Å². The molecule has 0 unspecified atom stereocenters. The third-order valence-electron chi connectivity index (χ3n) is 4.93. The van der Waals surface area contributed by atoms with Gasteiger partial charge >= 0.3 is 0 Å². The van der Waals surface area contributed by atoms with Crippen LogP contribution >= 0.6 is 0 Å². The highest BCUT2D eigenvalue weighted by Gasteiger charge is 2.16. The van der Waals surface area contributed by atoms with Crippen LogP contribution in [0.25, 0.3) is 11.0 Å². The van der Waals surface area contributed by atoms with Crippen LogP contribution in [0.15, 0.2) is 85.2 Å². The van der Waals surface area contributed by atoms with E-state index in [4.69, 9.17) is 0 Å². The molecule has 3 aromatic carbocycles. The number of nitrogens with one attached hydrogen (secondary N) is 2. The summed E-state index contributed by atoms with van der Waals surface area (Å²) in [4.78, 5) is 29.8. The molecule has 0 spiro atoms. The fourth-order valence-corrected chi connectivity index (χ4v) is 3.37. The van der Waals surface area contributed by atoms with E-state index in [0.29, 0.717) is 11.3 Å². The quantitative estimate of drug-likeness (QED) is 0.512. The Balaban J connectivity index is 1.47.